The number of aromatic nitrogens is 1. The van der Waals surface area contributed by atoms with E-state index in [1.165, 1.54) is 0 Å². The second-order valence-corrected chi connectivity index (χ2v) is 5.52. The van der Waals surface area contributed by atoms with Crippen LogP contribution in [-0.4, -0.2) is 11.1 Å². The van der Waals surface area contributed by atoms with Gasteiger partial charge in [-0.1, -0.05) is 35.0 Å². The van der Waals surface area contributed by atoms with Crippen molar-refractivity contribution in [2.75, 3.05) is 5.32 Å². The highest BCUT2D eigenvalue weighted by atomic mass is 35.5. The van der Waals surface area contributed by atoms with Gasteiger partial charge in [0.2, 0.25) is 0 Å². The fourth-order valence-electron chi connectivity index (χ4n) is 2.52. The lowest BCUT2D eigenvalue weighted by molar-refractivity contribution is 0.101. The fraction of sp³-hybridized carbons (Fsp3) is 0.0588. The van der Waals surface area contributed by atoms with Gasteiger partial charge < -0.3 is 14.6 Å². The highest BCUT2D eigenvalue weighted by molar-refractivity contribution is 6.31. The Kier molecular flexibility index (Phi) is 3.28. The molecule has 0 aliphatic carbocycles. The van der Waals surface area contributed by atoms with Crippen molar-refractivity contribution >= 4 is 23.2 Å². The van der Waals surface area contributed by atoms with E-state index >= 15 is 0 Å². The molecule has 0 bridgehead atoms. The topological polar surface area (TPSA) is 64.4 Å². The smallest absolute Gasteiger partial charge is 0.278 e. The fourth-order valence-corrected chi connectivity index (χ4v) is 2.71. The second-order valence-electron chi connectivity index (χ2n) is 5.09. The van der Waals surface area contributed by atoms with Gasteiger partial charge in [-0.2, -0.15) is 0 Å². The Hall–Kier alpha value is -2.79. The summed E-state index contributed by atoms with van der Waals surface area (Å²) in [4.78, 5) is 12.4. The number of para-hydroxylation sites is 1. The molecule has 0 atom stereocenters. The van der Waals surface area contributed by atoms with Crippen molar-refractivity contribution in [2.24, 2.45) is 0 Å². The normalized spacial score (nSPS) is 12.0. The number of ether oxygens (including phenoxy) is 1. The predicted octanol–water partition coefficient (Wildman–Crippen LogP) is 4.14. The molecule has 0 saturated heterocycles. The lowest BCUT2D eigenvalue weighted by Gasteiger charge is -2.15. The number of fused-ring (bicyclic) bond motifs is 3. The summed E-state index contributed by atoms with van der Waals surface area (Å²) in [6.07, 6.45) is 0. The van der Waals surface area contributed by atoms with Crippen LogP contribution in [0.2, 0.25) is 5.02 Å². The van der Waals surface area contributed by atoms with E-state index in [4.69, 9.17) is 20.9 Å². The van der Waals surface area contributed by atoms with Crippen molar-refractivity contribution in [1.82, 2.24) is 5.16 Å². The molecular formula is C17H11ClN2O3. The Morgan fingerprint density at radius 2 is 2.04 bits per heavy atom. The number of halogens is 1. The first-order chi connectivity index (χ1) is 11.2. The van der Waals surface area contributed by atoms with Crippen LogP contribution in [0, 0.1) is 0 Å². The summed E-state index contributed by atoms with van der Waals surface area (Å²) in [6.45, 7) is 0.244. The molecule has 1 aliphatic rings. The largest absolute Gasteiger partial charge is 0.488 e. The molecular weight excluding hydrogens is 316 g/mol. The Labute approximate surface area is 136 Å². The van der Waals surface area contributed by atoms with Gasteiger partial charge in [-0.15, -0.1) is 0 Å². The average molecular weight is 327 g/mol. The molecule has 1 aliphatic heterocycles. The minimum absolute atomic E-state index is 0.217. The van der Waals surface area contributed by atoms with Crippen LogP contribution in [0.3, 0.4) is 0 Å². The van der Waals surface area contributed by atoms with Gasteiger partial charge in [-0.25, -0.2) is 0 Å². The van der Waals surface area contributed by atoms with Crippen LogP contribution in [-0.2, 0) is 6.61 Å². The summed E-state index contributed by atoms with van der Waals surface area (Å²) in [5, 5.41) is 7.22. The van der Waals surface area contributed by atoms with Gasteiger partial charge in [-0.05, 0) is 30.3 Å². The number of benzene rings is 2. The summed E-state index contributed by atoms with van der Waals surface area (Å²) in [5.74, 6) is 0.932. The maximum absolute atomic E-state index is 12.4. The Bertz CT molecular complexity index is 904. The molecule has 1 amide bonds. The summed E-state index contributed by atoms with van der Waals surface area (Å²) in [7, 11) is 0. The number of hydrogen-bond acceptors (Lipinski definition) is 4. The number of carbonyl (C=O) groups is 1. The van der Waals surface area contributed by atoms with Crippen molar-refractivity contribution in [1.29, 1.82) is 0 Å². The number of nitrogens with zero attached hydrogens (tertiary/aromatic N) is 1. The highest BCUT2D eigenvalue weighted by Gasteiger charge is 2.28. The quantitative estimate of drug-likeness (QED) is 0.768. The van der Waals surface area contributed by atoms with E-state index in [1.807, 2.05) is 24.3 Å². The minimum Gasteiger partial charge on any atom is -0.488 e. The van der Waals surface area contributed by atoms with E-state index in [1.54, 1.807) is 24.3 Å². The van der Waals surface area contributed by atoms with Gasteiger partial charge in [0.1, 0.15) is 12.4 Å². The molecule has 3 aromatic rings. The van der Waals surface area contributed by atoms with Gasteiger partial charge in [0.05, 0.1) is 11.1 Å². The lowest BCUT2D eigenvalue weighted by atomic mass is 10.0. The molecule has 0 spiro atoms. The minimum atomic E-state index is -0.361. The zero-order valence-corrected chi connectivity index (χ0v) is 12.6. The Morgan fingerprint density at radius 1 is 1.17 bits per heavy atom. The van der Waals surface area contributed by atoms with Crippen LogP contribution in [0.15, 0.2) is 53.1 Å². The maximum Gasteiger partial charge on any atom is 0.278 e. The summed E-state index contributed by atoms with van der Waals surface area (Å²) in [5.41, 5.74) is 2.25. The Balaban J connectivity index is 1.67. The highest BCUT2D eigenvalue weighted by Crippen LogP contribution is 2.38. The van der Waals surface area contributed by atoms with E-state index in [9.17, 15) is 4.79 Å². The first-order valence-electron chi connectivity index (χ1n) is 7.00. The zero-order chi connectivity index (χ0) is 15.8. The molecule has 4 rings (SSSR count). The van der Waals surface area contributed by atoms with Gasteiger partial charge in [-0.3, -0.25) is 4.79 Å². The molecule has 2 aromatic carbocycles. The molecule has 6 heteroatoms. The third-order valence-electron chi connectivity index (χ3n) is 3.59. The van der Waals surface area contributed by atoms with Crippen LogP contribution < -0.4 is 10.1 Å². The van der Waals surface area contributed by atoms with E-state index in [-0.39, 0.29) is 18.2 Å². The van der Waals surface area contributed by atoms with Crippen LogP contribution in [0.4, 0.5) is 5.69 Å². The van der Waals surface area contributed by atoms with E-state index in [0.717, 1.165) is 11.3 Å². The first kappa shape index (κ1) is 13.8. The van der Waals surface area contributed by atoms with Crippen molar-refractivity contribution in [3.8, 4) is 17.1 Å². The number of amides is 1. The lowest BCUT2D eigenvalue weighted by Crippen LogP contribution is -2.16. The van der Waals surface area contributed by atoms with E-state index in [2.05, 4.69) is 10.5 Å². The number of hydrogen-bond donors (Lipinski definition) is 1. The number of nitrogens with one attached hydrogen (secondary N) is 1. The zero-order valence-electron chi connectivity index (χ0n) is 11.9. The first-order valence-corrected chi connectivity index (χ1v) is 7.38. The molecule has 0 fully saturated rings. The van der Waals surface area contributed by atoms with Crippen molar-refractivity contribution in [2.45, 2.75) is 6.61 Å². The standard InChI is InChI=1S/C17H11ClN2O3/c18-10-4-3-5-11(8-10)19-17(21)15-13-9-22-14-7-2-1-6-12(14)16(13)23-20-15/h1-8H,9H2,(H,19,21). The van der Waals surface area contributed by atoms with Crippen LogP contribution in [0.5, 0.6) is 5.75 Å². The number of carbonyl (C=O) groups excluding carboxylic acids is 1. The second kappa shape index (κ2) is 5.44. The molecule has 0 radical (unpaired) electrons. The van der Waals surface area contributed by atoms with Gasteiger partial charge in [0.15, 0.2) is 11.5 Å². The van der Waals surface area contributed by atoms with Gasteiger partial charge in [0.25, 0.3) is 5.91 Å². The molecule has 114 valence electrons. The van der Waals surface area contributed by atoms with Crippen LogP contribution >= 0.6 is 11.6 Å². The third kappa shape index (κ3) is 2.45. The van der Waals surface area contributed by atoms with Gasteiger partial charge >= 0.3 is 0 Å². The summed E-state index contributed by atoms with van der Waals surface area (Å²) >= 11 is 5.92. The van der Waals surface area contributed by atoms with Gasteiger partial charge in [0, 0.05) is 10.7 Å². The molecule has 5 nitrogen and oxygen atoms in total. The summed E-state index contributed by atoms with van der Waals surface area (Å²) < 4.78 is 11.0. The number of rotatable bonds is 2. The monoisotopic (exact) mass is 326 g/mol. The van der Waals surface area contributed by atoms with Crippen molar-refractivity contribution in [3.63, 3.8) is 0 Å². The SMILES string of the molecule is O=C(Nc1cccc(Cl)c1)c1noc2c1COc1ccccc1-2. The average Bonchev–Trinajstić information content (AvgIpc) is 2.99. The number of anilines is 1. The van der Waals surface area contributed by atoms with Crippen molar-refractivity contribution < 1.29 is 14.1 Å². The van der Waals surface area contributed by atoms with Crippen LogP contribution in [0.1, 0.15) is 16.1 Å². The van der Waals surface area contributed by atoms with Crippen LogP contribution in [0.25, 0.3) is 11.3 Å². The molecule has 1 aromatic heterocycles. The maximum atomic E-state index is 12.4. The molecule has 0 unspecified atom stereocenters. The van der Waals surface area contributed by atoms with E-state index in [0.29, 0.717) is 22.0 Å². The Morgan fingerprint density at radius 3 is 2.91 bits per heavy atom. The van der Waals surface area contributed by atoms with E-state index < -0.39 is 0 Å². The molecule has 1 N–H and O–H groups in total. The molecule has 23 heavy (non-hydrogen) atoms. The summed E-state index contributed by atoms with van der Waals surface area (Å²) in [6, 6.07) is 14.4. The molecule has 2 heterocycles. The predicted molar refractivity (Wildman–Crippen MR) is 85.7 cm³/mol. The molecule has 0 saturated carbocycles. The third-order valence-corrected chi connectivity index (χ3v) is 3.82. The van der Waals surface area contributed by atoms with Crippen molar-refractivity contribution in [3.05, 3.63) is 64.8 Å².